The molecule has 3 rings (SSSR count). The Morgan fingerprint density at radius 3 is 2.59 bits per heavy atom. The summed E-state index contributed by atoms with van der Waals surface area (Å²) in [6.07, 6.45) is -0.0252. The minimum atomic E-state index is -0.467. The fourth-order valence-electron chi connectivity index (χ4n) is 2.79. The van der Waals surface area contributed by atoms with Crippen LogP contribution in [0.25, 0.3) is 0 Å². The summed E-state index contributed by atoms with van der Waals surface area (Å²) in [5.41, 5.74) is 1.88. The zero-order valence-corrected chi connectivity index (χ0v) is 15.4. The summed E-state index contributed by atoms with van der Waals surface area (Å²) in [5, 5.41) is 9.10. The molecule has 6 heteroatoms. The van der Waals surface area contributed by atoms with E-state index in [1.807, 2.05) is 61.5 Å². The van der Waals surface area contributed by atoms with Gasteiger partial charge in [0.1, 0.15) is 11.9 Å². The number of benzene rings is 2. The van der Waals surface area contributed by atoms with Crippen LogP contribution in [0.4, 0.5) is 10.5 Å². The first kappa shape index (κ1) is 19.2. The minimum absolute atomic E-state index is 0.0965. The van der Waals surface area contributed by atoms with Gasteiger partial charge in [-0.25, -0.2) is 4.79 Å². The maximum Gasteiger partial charge on any atom is 0.414 e. The lowest BCUT2D eigenvalue weighted by Gasteiger charge is -2.15. The van der Waals surface area contributed by atoms with E-state index in [4.69, 9.17) is 19.3 Å². The standard InChI is InChI=1S/C21H25NO5/c1-16(26-15-17-5-3-2-4-6-17)11-12-25-19-9-7-18(8-10-19)22-13-20(14-23)27-21(22)24/h2-10,16,20,23H,11-15H2,1H3/t16?,20-/m1/s1. The summed E-state index contributed by atoms with van der Waals surface area (Å²) in [6, 6.07) is 17.4. The van der Waals surface area contributed by atoms with Crippen molar-refractivity contribution in [3.8, 4) is 5.75 Å². The molecule has 1 aliphatic heterocycles. The molecule has 2 atom stereocenters. The Labute approximate surface area is 159 Å². The number of amides is 1. The average molecular weight is 371 g/mol. The maximum atomic E-state index is 11.8. The van der Waals surface area contributed by atoms with E-state index in [1.165, 1.54) is 4.90 Å². The summed E-state index contributed by atoms with van der Waals surface area (Å²) in [5.74, 6) is 0.736. The van der Waals surface area contributed by atoms with Crippen molar-refractivity contribution in [2.75, 3.05) is 24.7 Å². The van der Waals surface area contributed by atoms with Crippen molar-refractivity contribution >= 4 is 11.8 Å². The van der Waals surface area contributed by atoms with Gasteiger partial charge < -0.3 is 19.3 Å². The number of aliphatic hydroxyl groups excluding tert-OH is 1. The van der Waals surface area contributed by atoms with E-state index in [2.05, 4.69) is 0 Å². The highest BCUT2D eigenvalue weighted by molar-refractivity contribution is 5.89. The summed E-state index contributed by atoms with van der Waals surface area (Å²) < 4.78 is 16.6. The van der Waals surface area contributed by atoms with Gasteiger partial charge in [0.2, 0.25) is 0 Å². The van der Waals surface area contributed by atoms with Crippen LogP contribution in [-0.4, -0.2) is 43.2 Å². The van der Waals surface area contributed by atoms with Crippen LogP contribution in [0.2, 0.25) is 0 Å². The molecule has 0 aliphatic carbocycles. The predicted octanol–water partition coefficient (Wildman–Crippen LogP) is 3.38. The van der Waals surface area contributed by atoms with E-state index >= 15 is 0 Å². The van der Waals surface area contributed by atoms with Crippen LogP contribution >= 0.6 is 0 Å². The van der Waals surface area contributed by atoms with E-state index in [-0.39, 0.29) is 12.7 Å². The van der Waals surface area contributed by atoms with Gasteiger partial charge in [-0.15, -0.1) is 0 Å². The molecular weight excluding hydrogens is 346 g/mol. The van der Waals surface area contributed by atoms with Crippen molar-refractivity contribution in [2.45, 2.75) is 32.2 Å². The molecule has 144 valence electrons. The van der Waals surface area contributed by atoms with Crippen molar-refractivity contribution in [1.82, 2.24) is 0 Å². The zero-order chi connectivity index (χ0) is 19.1. The molecule has 2 aromatic carbocycles. The van der Waals surface area contributed by atoms with Gasteiger partial charge >= 0.3 is 6.09 Å². The van der Waals surface area contributed by atoms with Crippen molar-refractivity contribution in [3.63, 3.8) is 0 Å². The third-order valence-corrected chi connectivity index (χ3v) is 4.40. The van der Waals surface area contributed by atoms with Crippen LogP contribution in [0.3, 0.4) is 0 Å². The number of ether oxygens (including phenoxy) is 3. The van der Waals surface area contributed by atoms with Gasteiger partial charge in [-0.05, 0) is 36.8 Å². The van der Waals surface area contributed by atoms with E-state index in [0.29, 0.717) is 19.8 Å². The van der Waals surface area contributed by atoms with Crippen LogP contribution in [0.1, 0.15) is 18.9 Å². The molecule has 0 spiro atoms. The lowest BCUT2D eigenvalue weighted by molar-refractivity contribution is 0.0386. The molecule has 0 aromatic heterocycles. The Bertz CT molecular complexity index is 719. The van der Waals surface area contributed by atoms with Crippen LogP contribution in [0, 0.1) is 0 Å². The van der Waals surface area contributed by atoms with E-state index in [1.54, 1.807) is 0 Å². The normalized spacial score (nSPS) is 17.6. The molecule has 0 radical (unpaired) electrons. The molecule has 2 aromatic rings. The quantitative estimate of drug-likeness (QED) is 0.732. The molecule has 6 nitrogen and oxygen atoms in total. The second kappa shape index (κ2) is 9.39. The Balaban J connectivity index is 1.40. The molecule has 1 unspecified atom stereocenters. The van der Waals surface area contributed by atoms with Crippen molar-refractivity contribution < 1.29 is 24.1 Å². The first-order valence-electron chi connectivity index (χ1n) is 9.13. The maximum absolute atomic E-state index is 11.8. The van der Waals surface area contributed by atoms with Gasteiger partial charge in [-0.1, -0.05) is 30.3 Å². The van der Waals surface area contributed by atoms with Gasteiger partial charge in [0.15, 0.2) is 0 Å². The number of carbonyl (C=O) groups excluding carboxylic acids is 1. The average Bonchev–Trinajstić information content (AvgIpc) is 3.08. The Kier molecular flexibility index (Phi) is 6.68. The fourth-order valence-corrected chi connectivity index (χ4v) is 2.79. The number of nitrogens with zero attached hydrogens (tertiary/aromatic N) is 1. The summed E-state index contributed by atoms with van der Waals surface area (Å²) in [4.78, 5) is 13.3. The summed E-state index contributed by atoms with van der Waals surface area (Å²) in [7, 11) is 0. The fraction of sp³-hybridized carbons (Fsp3) is 0.381. The van der Waals surface area contributed by atoms with Crippen LogP contribution in [0.5, 0.6) is 5.75 Å². The molecule has 1 fully saturated rings. The molecular formula is C21H25NO5. The SMILES string of the molecule is CC(CCOc1ccc(N2C[C@H](CO)OC2=O)cc1)OCc1ccccc1. The van der Waals surface area contributed by atoms with Gasteiger partial charge in [0, 0.05) is 12.1 Å². The lowest BCUT2D eigenvalue weighted by atomic mass is 10.2. The molecule has 1 heterocycles. The molecule has 1 aliphatic rings. The lowest BCUT2D eigenvalue weighted by Crippen LogP contribution is -2.25. The number of cyclic esters (lactones) is 1. The van der Waals surface area contributed by atoms with Gasteiger partial charge in [0.25, 0.3) is 0 Å². The van der Waals surface area contributed by atoms with E-state index < -0.39 is 12.2 Å². The first-order chi connectivity index (χ1) is 13.2. The second-order valence-corrected chi connectivity index (χ2v) is 6.54. The highest BCUT2D eigenvalue weighted by atomic mass is 16.6. The molecule has 0 bridgehead atoms. The topological polar surface area (TPSA) is 68.2 Å². The van der Waals surface area contributed by atoms with Gasteiger partial charge in [-0.2, -0.15) is 0 Å². The van der Waals surface area contributed by atoms with E-state index in [0.717, 1.165) is 23.4 Å². The molecule has 0 saturated carbocycles. The predicted molar refractivity (Wildman–Crippen MR) is 102 cm³/mol. The van der Waals surface area contributed by atoms with Crippen LogP contribution in [-0.2, 0) is 16.1 Å². The number of rotatable bonds is 9. The third kappa shape index (κ3) is 5.45. The second-order valence-electron chi connectivity index (χ2n) is 6.54. The Morgan fingerprint density at radius 1 is 1.19 bits per heavy atom. The Hall–Kier alpha value is -2.57. The number of aliphatic hydroxyl groups is 1. The minimum Gasteiger partial charge on any atom is -0.493 e. The zero-order valence-electron chi connectivity index (χ0n) is 15.4. The van der Waals surface area contributed by atoms with Gasteiger partial charge in [-0.3, -0.25) is 4.90 Å². The number of carbonyl (C=O) groups is 1. The first-order valence-corrected chi connectivity index (χ1v) is 9.13. The highest BCUT2D eigenvalue weighted by Gasteiger charge is 2.31. The number of hydrogen-bond donors (Lipinski definition) is 1. The smallest absolute Gasteiger partial charge is 0.414 e. The third-order valence-electron chi connectivity index (χ3n) is 4.40. The molecule has 1 amide bonds. The van der Waals surface area contributed by atoms with E-state index in [9.17, 15) is 4.79 Å². The molecule has 27 heavy (non-hydrogen) atoms. The molecule has 1 saturated heterocycles. The number of hydrogen-bond acceptors (Lipinski definition) is 5. The van der Waals surface area contributed by atoms with Gasteiger partial charge in [0.05, 0.1) is 32.5 Å². The van der Waals surface area contributed by atoms with Crippen molar-refractivity contribution in [1.29, 1.82) is 0 Å². The van der Waals surface area contributed by atoms with Crippen LogP contribution < -0.4 is 9.64 Å². The van der Waals surface area contributed by atoms with Crippen molar-refractivity contribution in [2.24, 2.45) is 0 Å². The monoisotopic (exact) mass is 371 g/mol. The number of anilines is 1. The summed E-state index contributed by atoms with van der Waals surface area (Å²) in [6.45, 7) is 3.36. The Morgan fingerprint density at radius 2 is 1.93 bits per heavy atom. The molecule has 1 N–H and O–H groups in total. The van der Waals surface area contributed by atoms with Crippen LogP contribution in [0.15, 0.2) is 54.6 Å². The largest absolute Gasteiger partial charge is 0.493 e. The highest BCUT2D eigenvalue weighted by Crippen LogP contribution is 2.24. The van der Waals surface area contributed by atoms with Crippen molar-refractivity contribution in [3.05, 3.63) is 60.2 Å². The summed E-state index contributed by atoms with van der Waals surface area (Å²) >= 11 is 0.